The molecule has 700 valence electrons. The van der Waals surface area contributed by atoms with E-state index < -0.39 is 0 Å². The highest BCUT2D eigenvalue weighted by atomic mass is 15.2. The smallest absolute Gasteiger partial charge is 0.0495 e. The minimum absolute atomic E-state index is 0.0310. The van der Waals surface area contributed by atoms with Crippen LogP contribution in [0.5, 0.6) is 0 Å². The molecule has 0 heterocycles. The van der Waals surface area contributed by atoms with Gasteiger partial charge >= 0.3 is 0 Å². The molecule has 5 nitrogen and oxygen atoms in total. The van der Waals surface area contributed by atoms with Crippen molar-refractivity contribution in [2.75, 3.05) is 24.5 Å². The van der Waals surface area contributed by atoms with Gasteiger partial charge in [-0.25, -0.2) is 0 Å². The molecule has 0 saturated carbocycles. The third kappa shape index (κ3) is 24.9. The molecule has 0 fully saturated rings. The van der Waals surface area contributed by atoms with Gasteiger partial charge in [0.1, 0.15) is 0 Å². The van der Waals surface area contributed by atoms with Crippen LogP contribution in [0, 0.1) is 0 Å². The molecule has 0 aliphatic carbocycles. The molecule has 20 aromatic carbocycles. The first-order valence-electron chi connectivity index (χ1n) is 49.4. The molecule has 20 rings (SSSR count). The van der Waals surface area contributed by atoms with Crippen LogP contribution in [0.1, 0.15) is 115 Å². The average Bonchev–Trinajstić information content (AvgIpc) is 0.772. The number of anilines is 12. The minimum Gasteiger partial charge on any atom is -0.336 e. The average molecular weight is 1840 g/mol. The summed E-state index contributed by atoms with van der Waals surface area (Å²) >= 11 is 0. The zero-order chi connectivity index (χ0) is 98.5. The Kier molecular flexibility index (Phi) is 31.0. The van der Waals surface area contributed by atoms with Crippen LogP contribution < -0.4 is 24.5 Å². The van der Waals surface area contributed by atoms with E-state index in [0.29, 0.717) is 0 Å². The first-order chi connectivity index (χ1) is 68.1. The Hall–Kier alpha value is -16.1. The van der Waals surface area contributed by atoms with Gasteiger partial charge in [-0.3, -0.25) is 0 Å². The van der Waals surface area contributed by atoms with E-state index in [1.54, 1.807) is 0 Å². The molecule has 141 heavy (non-hydrogen) atoms. The molecular weight excluding hydrogens is 1700 g/mol. The van der Waals surface area contributed by atoms with Gasteiger partial charge in [-0.2, -0.15) is 0 Å². The predicted molar refractivity (Wildman–Crippen MR) is 612 cm³/mol. The van der Waals surface area contributed by atoms with Crippen molar-refractivity contribution in [2.45, 2.75) is 131 Å². The largest absolute Gasteiger partial charge is 0.336 e. The van der Waals surface area contributed by atoms with E-state index in [-0.39, 0.29) is 27.4 Å². The fraction of sp³-hybridized carbons (Fsp3) is 0.147. The summed E-state index contributed by atoms with van der Waals surface area (Å²) in [5, 5.41) is 5.09. The lowest BCUT2D eigenvalue weighted by Crippen LogP contribution is -2.37. The molecule has 0 aliphatic rings. The summed E-state index contributed by atoms with van der Waals surface area (Å²) in [5.74, 6) is 0. The minimum atomic E-state index is -0.119. The quantitative estimate of drug-likeness (QED) is 0.0848. The fourth-order valence-electron chi connectivity index (χ4n) is 18.4. The maximum absolute atomic E-state index is 2.46. The summed E-state index contributed by atoms with van der Waals surface area (Å²) in [6, 6.07) is 186. The highest BCUT2D eigenvalue weighted by molar-refractivity contribution is 5.97. The number of hydrogen-bond donors (Lipinski definition) is 0. The number of hydrogen-bond acceptors (Lipinski definition) is 5. The highest BCUT2D eigenvalue weighted by Gasteiger charge is 2.30. The Balaban J connectivity index is 0.000000128. The third-order valence-electron chi connectivity index (χ3n) is 25.4. The van der Waals surface area contributed by atoms with Gasteiger partial charge in [0.15, 0.2) is 0 Å². The van der Waals surface area contributed by atoms with Crippen molar-refractivity contribution in [1.82, 2.24) is 0 Å². The molecule has 0 unspecified atom stereocenters. The summed E-state index contributed by atoms with van der Waals surface area (Å²) < 4.78 is 0. The van der Waals surface area contributed by atoms with E-state index in [4.69, 9.17) is 0 Å². The van der Waals surface area contributed by atoms with Crippen molar-refractivity contribution >= 4 is 89.8 Å². The van der Waals surface area contributed by atoms with Gasteiger partial charge in [-0.05, 0) is 301 Å². The van der Waals surface area contributed by atoms with Crippen LogP contribution in [0.3, 0.4) is 0 Å². The number of fused-ring (bicyclic) bond motifs is 2. The van der Waals surface area contributed by atoms with Crippen molar-refractivity contribution in [3.8, 4) is 66.8 Å². The van der Waals surface area contributed by atoms with E-state index >= 15 is 0 Å². The second-order valence-electron chi connectivity index (χ2n) is 40.9. The van der Waals surface area contributed by atoms with Crippen LogP contribution in [0.2, 0.25) is 0 Å². The maximum Gasteiger partial charge on any atom is 0.0495 e. The van der Waals surface area contributed by atoms with Crippen LogP contribution >= 0.6 is 0 Å². The van der Waals surface area contributed by atoms with Crippen LogP contribution in [0.15, 0.2) is 522 Å². The second-order valence-corrected chi connectivity index (χ2v) is 40.9. The van der Waals surface area contributed by atoms with Crippen LogP contribution in [0.25, 0.3) is 88.3 Å². The zero-order valence-corrected chi connectivity index (χ0v) is 84.4. The zero-order valence-electron chi connectivity index (χ0n) is 84.4. The Morgan fingerprint density at radius 3 is 0.723 bits per heavy atom. The van der Waals surface area contributed by atoms with Crippen molar-refractivity contribution in [3.05, 3.63) is 533 Å². The summed E-state index contributed by atoms with van der Waals surface area (Å²) in [6.45, 7) is 33.9. The van der Waals surface area contributed by atoms with Gasteiger partial charge < -0.3 is 24.5 Å². The van der Waals surface area contributed by atoms with Crippen LogP contribution in [-0.4, -0.2) is 16.6 Å². The molecule has 20 aromatic rings. The van der Waals surface area contributed by atoms with Gasteiger partial charge in [0, 0.05) is 95.8 Å². The Morgan fingerprint density at radius 2 is 0.383 bits per heavy atom. The molecular formula is C136H131N5. The molecule has 0 atom stereocenters. The lowest BCUT2D eigenvalue weighted by molar-refractivity contribution is 0.560. The number of nitrogens with zero attached hydrogens (tertiary/aromatic N) is 5. The molecule has 0 aliphatic heterocycles. The Bertz CT molecular complexity index is 7250. The van der Waals surface area contributed by atoms with Gasteiger partial charge in [0.2, 0.25) is 0 Å². The van der Waals surface area contributed by atoms with Crippen molar-refractivity contribution in [3.63, 3.8) is 0 Å². The molecule has 5 heteroatoms. The van der Waals surface area contributed by atoms with E-state index in [2.05, 4.69) is 650 Å². The SMILES string of the molecule is CC(C)(C)N(c1ccc(-c2ccccc2)cc1)c1ccc(-c2ccccc2)cc1-c1ccccc1.CC(C)(C)N(c1ccc(-c2ccccc2)cc1)c1ccc2ccccc2c1.CC(C)(C)N(c1ccc(-c2ccccc2)cc1)c1cccc2ccccc12.CC(C)(C)c1ccc(N(c2ccccc2)c2ccc(-c3ccccc3)cc2)cc1.CC(C)(C)c1ccc(N(c2ccccc2)c2ccccc2)cc1. The monoisotopic (exact) mass is 1830 g/mol. The van der Waals surface area contributed by atoms with Crippen molar-refractivity contribution in [2.24, 2.45) is 0 Å². The predicted octanol–water partition coefficient (Wildman–Crippen LogP) is 39.1. The molecule has 0 bridgehead atoms. The molecule has 0 N–H and O–H groups in total. The number of para-hydroxylation sites is 3. The summed E-state index contributed by atoms with van der Waals surface area (Å²) in [4.78, 5) is 11.9. The molecule has 0 radical (unpaired) electrons. The molecule has 0 saturated heterocycles. The van der Waals surface area contributed by atoms with E-state index in [0.717, 1.165) is 17.1 Å². The molecule has 0 aromatic heterocycles. The second kappa shape index (κ2) is 44.6. The van der Waals surface area contributed by atoms with Crippen LogP contribution in [-0.2, 0) is 10.8 Å². The Morgan fingerprint density at radius 1 is 0.142 bits per heavy atom. The van der Waals surface area contributed by atoms with Crippen molar-refractivity contribution < 1.29 is 0 Å². The van der Waals surface area contributed by atoms with Crippen LogP contribution in [0.4, 0.5) is 68.2 Å². The Labute approximate surface area is 839 Å². The van der Waals surface area contributed by atoms with E-state index in [1.165, 1.54) is 151 Å². The summed E-state index contributed by atoms with van der Waals surface area (Å²) in [7, 11) is 0. The lowest BCUT2D eigenvalue weighted by Gasteiger charge is -2.39. The summed E-state index contributed by atoms with van der Waals surface area (Å²) in [5.41, 5.74) is 31.9. The number of benzene rings is 20. The highest BCUT2D eigenvalue weighted by Crippen LogP contribution is 2.46. The molecule has 0 spiro atoms. The fourth-order valence-corrected chi connectivity index (χ4v) is 18.4. The first-order valence-corrected chi connectivity index (χ1v) is 49.4. The standard InChI is InChI=1S/C34H31N.C28H27N.2C26H25N.C22H23N/c1-34(2,3)35(31-22-19-28(20-23-31)26-13-7-4-8-14-26)33-24-21-30(27-15-9-5-10-16-27)25-32(33)29-17-11-6-12-18-29;1-28(2,3)24-16-20-27(21-17-24)29(25-12-8-5-9-13-25)26-18-14-23(15-19-26)22-10-6-4-7-11-22;1-26(2,3)27(25-15-9-13-22-12-7-8-14-24(22)25)23-18-16-21(17-19-23)20-10-5-4-6-11-20;1-26(2,3)27(25-18-15-21-11-7-8-12-23(21)19-25)24-16-13-22(14-17-24)20-9-5-4-6-10-20;1-22(2,3)18-14-16-21(17-15-18)23(19-10-6-4-7-11-19)20-12-8-5-9-13-20/h4-25H,1-3H3;4-21H,1-3H3;2*4-19H,1-3H3;4-17H,1-3H3. The normalized spacial score (nSPS) is 11.4. The topological polar surface area (TPSA) is 16.2 Å². The first kappa shape index (κ1) is 98.0. The molecule has 0 amide bonds. The van der Waals surface area contributed by atoms with Gasteiger partial charge in [-0.15, -0.1) is 0 Å². The maximum atomic E-state index is 2.46. The van der Waals surface area contributed by atoms with Gasteiger partial charge in [0.05, 0.1) is 0 Å². The van der Waals surface area contributed by atoms with Crippen molar-refractivity contribution in [1.29, 1.82) is 0 Å². The van der Waals surface area contributed by atoms with Gasteiger partial charge in [0.25, 0.3) is 0 Å². The lowest BCUT2D eigenvalue weighted by atomic mass is 9.87. The van der Waals surface area contributed by atoms with E-state index in [9.17, 15) is 0 Å². The van der Waals surface area contributed by atoms with Gasteiger partial charge in [-0.1, -0.05) is 424 Å². The summed E-state index contributed by atoms with van der Waals surface area (Å²) in [6.07, 6.45) is 0. The number of rotatable bonds is 18. The third-order valence-corrected chi connectivity index (χ3v) is 25.4. The van der Waals surface area contributed by atoms with E-state index in [1.807, 2.05) is 0 Å².